The van der Waals surface area contributed by atoms with Gasteiger partial charge in [0.25, 0.3) is 3.61 Å². The Balaban J connectivity index is 3.39. The molecule has 0 saturated heterocycles. The number of alkyl halides is 4. The van der Waals surface area contributed by atoms with Crippen LogP contribution in [0.2, 0.25) is 0 Å². The second-order valence-electron chi connectivity index (χ2n) is 0.865. The lowest BCUT2D eigenvalue weighted by Crippen LogP contribution is -2.18. The van der Waals surface area contributed by atoms with Crippen LogP contribution in [0.25, 0.3) is 0 Å². The van der Waals surface area contributed by atoms with Crippen LogP contribution in [0.3, 0.4) is 0 Å². The van der Waals surface area contributed by atoms with Gasteiger partial charge in [-0.15, -0.1) is 0 Å². The van der Waals surface area contributed by atoms with E-state index in [9.17, 15) is 8.78 Å². The minimum Gasteiger partial charge on any atom is -0.348 e. The summed E-state index contributed by atoms with van der Waals surface area (Å²) in [5, 5.41) is 8.32. The number of halogens is 4. The number of ether oxygens (including phenoxy) is 1. The molecule has 0 aliphatic carbocycles. The van der Waals surface area contributed by atoms with E-state index in [1.54, 1.807) is 0 Å². The summed E-state index contributed by atoms with van der Waals surface area (Å²) in [6, 6.07) is 0. The lowest BCUT2D eigenvalue weighted by Gasteiger charge is -2.11. The fraction of sp³-hybridized carbons (Fsp3) is 1.00. The van der Waals surface area contributed by atoms with Gasteiger partial charge < -0.3 is 5.11 Å². The van der Waals surface area contributed by atoms with Gasteiger partial charge in [-0.05, 0) is 31.9 Å². The van der Waals surface area contributed by atoms with Crippen molar-refractivity contribution >= 4 is 31.9 Å². The van der Waals surface area contributed by atoms with Crippen molar-refractivity contribution in [2.24, 2.45) is 0 Å². The molecular formula is C2H2Br2F2O2. The maximum absolute atomic E-state index is 11.1. The minimum atomic E-state index is -3.00. The highest BCUT2D eigenvalue weighted by atomic mass is 79.9. The normalized spacial score (nSPS) is 12.8. The Morgan fingerprint density at radius 1 is 1.50 bits per heavy atom. The summed E-state index contributed by atoms with van der Waals surface area (Å²) in [6.45, 7) is -3.00. The van der Waals surface area contributed by atoms with Gasteiger partial charge in [0.05, 0.1) is 0 Å². The molecule has 0 spiro atoms. The van der Waals surface area contributed by atoms with Crippen molar-refractivity contribution in [3.8, 4) is 0 Å². The monoisotopic (exact) mass is 254 g/mol. The van der Waals surface area contributed by atoms with E-state index in [0.29, 0.717) is 0 Å². The Hall–Kier alpha value is 0.740. The summed E-state index contributed by atoms with van der Waals surface area (Å²) in [5.74, 6) is 0. The van der Waals surface area contributed by atoms with Crippen LogP contribution in [0.4, 0.5) is 8.78 Å². The van der Waals surface area contributed by atoms with E-state index in [1.165, 1.54) is 0 Å². The van der Waals surface area contributed by atoms with Gasteiger partial charge in [-0.25, -0.2) is 0 Å². The van der Waals surface area contributed by atoms with E-state index >= 15 is 0 Å². The molecule has 6 heteroatoms. The first kappa shape index (κ1) is 8.74. The van der Waals surface area contributed by atoms with Crippen LogP contribution in [0, 0.1) is 0 Å². The molecule has 0 atom stereocenters. The maximum Gasteiger partial charge on any atom is 0.348 e. The predicted octanol–water partition coefficient (Wildman–Crippen LogP) is 1.62. The SMILES string of the molecule is OC(Br)(Br)OC(F)F. The topological polar surface area (TPSA) is 29.5 Å². The van der Waals surface area contributed by atoms with Gasteiger partial charge in [0.2, 0.25) is 0 Å². The predicted molar refractivity (Wildman–Crippen MR) is 29.9 cm³/mol. The van der Waals surface area contributed by atoms with E-state index in [1.807, 2.05) is 0 Å². The first-order valence-electron chi connectivity index (χ1n) is 1.48. The molecular weight excluding hydrogens is 254 g/mol. The van der Waals surface area contributed by atoms with Crippen molar-refractivity contribution in [2.75, 3.05) is 0 Å². The average Bonchev–Trinajstić information content (AvgIpc) is 1.21. The van der Waals surface area contributed by atoms with Gasteiger partial charge in [0.1, 0.15) is 0 Å². The van der Waals surface area contributed by atoms with E-state index in [0.717, 1.165) is 0 Å². The average molecular weight is 256 g/mol. The smallest absolute Gasteiger partial charge is 0.348 e. The van der Waals surface area contributed by atoms with Crippen molar-refractivity contribution in [2.45, 2.75) is 10.2 Å². The Bertz CT molecular complexity index is 70.9. The summed E-state index contributed by atoms with van der Waals surface area (Å²) in [4.78, 5) is 0. The first-order valence-corrected chi connectivity index (χ1v) is 3.06. The van der Waals surface area contributed by atoms with E-state index in [4.69, 9.17) is 5.11 Å². The molecule has 50 valence electrons. The summed E-state index contributed by atoms with van der Waals surface area (Å²) in [6.07, 6.45) is 0. The summed E-state index contributed by atoms with van der Waals surface area (Å²) in [7, 11) is 0. The van der Waals surface area contributed by atoms with Crippen LogP contribution in [0.1, 0.15) is 0 Å². The van der Waals surface area contributed by atoms with Crippen LogP contribution >= 0.6 is 31.9 Å². The van der Waals surface area contributed by atoms with Gasteiger partial charge in [-0.2, -0.15) is 8.78 Å². The van der Waals surface area contributed by atoms with Crippen molar-refractivity contribution < 1.29 is 18.6 Å². The van der Waals surface area contributed by atoms with Gasteiger partial charge in [-0.3, -0.25) is 4.74 Å². The Kier molecular flexibility index (Phi) is 3.33. The summed E-state index contributed by atoms with van der Waals surface area (Å²) >= 11 is 4.70. The van der Waals surface area contributed by atoms with Crippen molar-refractivity contribution in [1.82, 2.24) is 0 Å². The zero-order valence-electron chi connectivity index (χ0n) is 3.44. The third-order valence-corrected chi connectivity index (χ3v) is 0.605. The molecule has 0 aromatic carbocycles. The molecule has 0 heterocycles. The quantitative estimate of drug-likeness (QED) is 0.600. The number of hydrogen-bond donors (Lipinski definition) is 1. The fourth-order valence-electron chi connectivity index (χ4n) is 0.107. The molecule has 0 radical (unpaired) electrons. The zero-order chi connectivity index (χ0) is 6.78. The molecule has 0 amide bonds. The third-order valence-electron chi connectivity index (χ3n) is 0.231. The molecule has 1 N–H and O–H groups in total. The van der Waals surface area contributed by atoms with E-state index < -0.39 is 10.2 Å². The van der Waals surface area contributed by atoms with Gasteiger partial charge >= 0.3 is 6.61 Å². The molecule has 0 saturated carbocycles. The number of rotatable bonds is 2. The number of aliphatic hydroxyl groups is 1. The Morgan fingerprint density at radius 2 is 1.88 bits per heavy atom. The standard InChI is InChI=1S/C2H2Br2F2O2/c3-2(4,7)8-1(5)6/h1,7H. The van der Waals surface area contributed by atoms with E-state index in [-0.39, 0.29) is 0 Å². The van der Waals surface area contributed by atoms with Crippen molar-refractivity contribution in [3.63, 3.8) is 0 Å². The lowest BCUT2D eigenvalue weighted by atomic mass is 11.3. The molecule has 0 fully saturated rings. The molecule has 0 aliphatic heterocycles. The van der Waals surface area contributed by atoms with Gasteiger partial charge in [-0.1, -0.05) is 0 Å². The van der Waals surface area contributed by atoms with Crippen LogP contribution < -0.4 is 0 Å². The molecule has 0 aromatic rings. The molecule has 0 rings (SSSR count). The minimum absolute atomic E-state index is 2.10. The van der Waals surface area contributed by atoms with Gasteiger partial charge in [0, 0.05) is 0 Å². The first-order chi connectivity index (χ1) is 3.42. The second-order valence-corrected chi connectivity index (χ2v) is 4.08. The molecule has 8 heavy (non-hydrogen) atoms. The maximum atomic E-state index is 11.1. The Labute approximate surface area is 61.1 Å². The molecule has 0 unspecified atom stereocenters. The Morgan fingerprint density at radius 3 is 1.88 bits per heavy atom. The molecule has 0 aliphatic rings. The summed E-state index contributed by atoms with van der Waals surface area (Å²) in [5.41, 5.74) is 0. The van der Waals surface area contributed by atoms with Crippen LogP contribution in [0.15, 0.2) is 0 Å². The zero-order valence-corrected chi connectivity index (χ0v) is 6.62. The van der Waals surface area contributed by atoms with Crippen LogP contribution in [0.5, 0.6) is 0 Å². The summed E-state index contributed by atoms with van der Waals surface area (Å²) < 4.78 is 23.6. The third kappa shape index (κ3) is 6.74. The number of hydrogen-bond acceptors (Lipinski definition) is 2. The molecule has 2 nitrogen and oxygen atoms in total. The largest absolute Gasteiger partial charge is 0.348 e. The highest BCUT2D eigenvalue weighted by Gasteiger charge is 2.23. The van der Waals surface area contributed by atoms with Crippen molar-refractivity contribution in [3.05, 3.63) is 0 Å². The van der Waals surface area contributed by atoms with Crippen LogP contribution in [-0.2, 0) is 4.74 Å². The molecule has 0 bridgehead atoms. The van der Waals surface area contributed by atoms with Crippen molar-refractivity contribution in [1.29, 1.82) is 0 Å². The van der Waals surface area contributed by atoms with Gasteiger partial charge in [0.15, 0.2) is 0 Å². The lowest BCUT2D eigenvalue weighted by molar-refractivity contribution is -0.200. The van der Waals surface area contributed by atoms with Crippen LogP contribution in [-0.4, -0.2) is 15.3 Å². The van der Waals surface area contributed by atoms with E-state index in [2.05, 4.69) is 36.6 Å². The highest BCUT2D eigenvalue weighted by molar-refractivity contribution is 9.25. The highest BCUT2D eigenvalue weighted by Crippen LogP contribution is 2.25. The second kappa shape index (κ2) is 3.05. The molecule has 0 aromatic heterocycles. The fourth-order valence-corrected chi connectivity index (χ4v) is 0.390.